The average molecular weight is 182 g/mol. The number of carbonyl (C=O) groups excluding carboxylic acids is 1. The molecule has 2 N–H and O–H groups in total. The van der Waals surface area contributed by atoms with Crippen LogP contribution in [0.3, 0.4) is 0 Å². The number of piperidine rings is 1. The summed E-state index contributed by atoms with van der Waals surface area (Å²) in [5.74, 6) is 1.01. The first-order chi connectivity index (χ1) is 6.25. The van der Waals surface area contributed by atoms with Crippen LogP contribution in [0, 0.1) is 11.8 Å². The van der Waals surface area contributed by atoms with Gasteiger partial charge in [-0.15, -0.1) is 0 Å². The Labute approximate surface area is 79.3 Å². The van der Waals surface area contributed by atoms with Crippen molar-refractivity contribution in [2.75, 3.05) is 19.6 Å². The second kappa shape index (κ2) is 3.66. The van der Waals surface area contributed by atoms with Gasteiger partial charge in [0, 0.05) is 12.5 Å². The van der Waals surface area contributed by atoms with Gasteiger partial charge in [-0.25, -0.2) is 0 Å². The number of hydrogen-bond donors (Lipinski definition) is 1. The second-order valence-electron chi connectivity index (χ2n) is 4.42. The monoisotopic (exact) mass is 182 g/mol. The van der Waals surface area contributed by atoms with E-state index in [2.05, 4.69) is 4.90 Å². The molecule has 2 rings (SSSR count). The van der Waals surface area contributed by atoms with Crippen LogP contribution in [-0.4, -0.2) is 30.4 Å². The topological polar surface area (TPSA) is 46.3 Å². The lowest BCUT2D eigenvalue weighted by Crippen LogP contribution is -2.39. The first kappa shape index (κ1) is 9.00. The zero-order valence-electron chi connectivity index (χ0n) is 8.04. The van der Waals surface area contributed by atoms with Gasteiger partial charge < -0.3 is 10.6 Å². The largest absolute Gasteiger partial charge is 0.369 e. The Bertz CT molecular complexity index is 193. The van der Waals surface area contributed by atoms with Gasteiger partial charge in [0.2, 0.25) is 5.91 Å². The summed E-state index contributed by atoms with van der Waals surface area (Å²) in [7, 11) is 0. The molecule has 0 bridgehead atoms. The molecule has 2 fully saturated rings. The molecule has 0 aromatic rings. The van der Waals surface area contributed by atoms with Gasteiger partial charge in [-0.05, 0) is 44.7 Å². The molecule has 0 unspecified atom stereocenters. The molecule has 74 valence electrons. The van der Waals surface area contributed by atoms with Crippen LogP contribution in [0.15, 0.2) is 0 Å². The number of hydrogen-bond acceptors (Lipinski definition) is 2. The molecule has 0 aromatic carbocycles. The molecule has 3 heteroatoms. The minimum absolute atomic E-state index is 0.105. The Kier molecular flexibility index (Phi) is 2.54. The number of primary amides is 1. The van der Waals surface area contributed by atoms with E-state index in [1.54, 1.807) is 0 Å². The maximum Gasteiger partial charge on any atom is 0.220 e. The normalized spacial score (nSPS) is 26.2. The number of likely N-dealkylation sites (tertiary alicyclic amines) is 1. The van der Waals surface area contributed by atoms with E-state index in [-0.39, 0.29) is 11.8 Å². The quantitative estimate of drug-likeness (QED) is 0.694. The Morgan fingerprint density at radius 3 is 2.31 bits per heavy atom. The lowest BCUT2D eigenvalue weighted by molar-refractivity contribution is -0.123. The third-order valence-corrected chi connectivity index (χ3v) is 3.20. The van der Waals surface area contributed by atoms with E-state index in [9.17, 15) is 4.79 Å². The smallest absolute Gasteiger partial charge is 0.220 e. The zero-order chi connectivity index (χ0) is 9.26. The number of nitrogens with zero attached hydrogens (tertiary/aromatic N) is 1. The highest BCUT2D eigenvalue weighted by Crippen LogP contribution is 2.31. The molecule has 0 aromatic heterocycles. The van der Waals surface area contributed by atoms with Gasteiger partial charge in [-0.3, -0.25) is 4.79 Å². The van der Waals surface area contributed by atoms with Gasteiger partial charge in [0.15, 0.2) is 0 Å². The third kappa shape index (κ3) is 2.44. The van der Waals surface area contributed by atoms with Gasteiger partial charge in [0.1, 0.15) is 0 Å². The number of amides is 1. The Balaban J connectivity index is 1.71. The van der Waals surface area contributed by atoms with Crippen molar-refractivity contribution in [2.24, 2.45) is 17.6 Å². The van der Waals surface area contributed by atoms with Gasteiger partial charge in [0.05, 0.1) is 0 Å². The van der Waals surface area contributed by atoms with Gasteiger partial charge in [-0.1, -0.05) is 0 Å². The van der Waals surface area contributed by atoms with Crippen LogP contribution in [-0.2, 0) is 4.79 Å². The van der Waals surface area contributed by atoms with Crippen molar-refractivity contribution < 1.29 is 4.79 Å². The van der Waals surface area contributed by atoms with Crippen molar-refractivity contribution in [3.05, 3.63) is 0 Å². The molecule has 2 aliphatic rings. The molecule has 1 aliphatic carbocycles. The molecule has 0 spiro atoms. The van der Waals surface area contributed by atoms with Gasteiger partial charge >= 0.3 is 0 Å². The average Bonchev–Trinajstić information content (AvgIpc) is 2.89. The van der Waals surface area contributed by atoms with Crippen molar-refractivity contribution in [2.45, 2.75) is 25.7 Å². The van der Waals surface area contributed by atoms with Crippen molar-refractivity contribution in [1.82, 2.24) is 4.90 Å². The van der Waals surface area contributed by atoms with Gasteiger partial charge in [-0.2, -0.15) is 0 Å². The van der Waals surface area contributed by atoms with Crippen LogP contribution >= 0.6 is 0 Å². The standard InChI is InChI=1S/C10H18N2O/c11-10(13)9-3-5-12(6-4-9)7-8-1-2-8/h8-9H,1-7H2,(H2,11,13). The molecular formula is C10H18N2O. The first-order valence-electron chi connectivity index (χ1n) is 5.27. The van der Waals surface area contributed by atoms with Crippen molar-refractivity contribution in [3.8, 4) is 0 Å². The highest BCUT2D eigenvalue weighted by molar-refractivity contribution is 5.76. The SMILES string of the molecule is NC(=O)C1CCN(CC2CC2)CC1. The molecule has 13 heavy (non-hydrogen) atoms. The molecular weight excluding hydrogens is 164 g/mol. The molecule has 1 aliphatic heterocycles. The summed E-state index contributed by atoms with van der Waals surface area (Å²) in [5, 5.41) is 0. The maximum atomic E-state index is 10.9. The minimum Gasteiger partial charge on any atom is -0.369 e. The first-order valence-corrected chi connectivity index (χ1v) is 5.27. The zero-order valence-corrected chi connectivity index (χ0v) is 8.04. The summed E-state index contributed by atoms with van der Waals surface area (Å²) in [4.78, 5) is 13.4. The van der Waals surface area contributed by atoms with Crippen molar-refractivity contribution in [3.63, 3.8) is 0 Å². The van der Waals surface area contributed by atoms with Crippen LogP contribution in [0.1, 0.15) is 25.7 Å². The third-order valence-electron chi connectivity index (χ3n) is 3.20. The Morgan fingerprint density at radius 2 is 1.85 bits per heavy atom. The molecule has 1 amide bonds. The van der Waals surface area contributed by atoms with Crippen molar-refractivity contribution >= 4 is 5.91 Å². The van der Waals surface area contributed by atoms with Crippen LogP contribution in [0.4, 0.5) is 0 Å². The molecule has 1 heterocycles. The van der Waals surface area contributed by atoms with E-state index in [0.717, 1.165) is 31.8 Å². The van der Waals surface area contributed by atoms with E-state index in [4.69, 9.17) is 5.73 Å². The summed E-state index contributed by atoms with van der Waals surface area (Å²) in [6.45, 7) is 3.40. The van der Waals surface area contributed by atoms with E-state index < -0.39 is 0 Å². The van der Waals surface area contributed by atoms with Crippen LogP contribution in [0.2, 0.25) is 0 Å². The minimum atomic E-state index is -0.105. The predicted octanol–water partition coefficient (Wildman–Crippen LogP) is 0.594. The fraction of sp³-hybridized carbons (Fsp3) is 0.900. The van der Waals surface area contributed by atoms with Crippen LogP contribution < -0.4 is 5.73 Å². The Hall–Kier alpha value is -0.570. The Morgan fingerprint density at radius 1 is 1.23 bits per heavy atom. The number of carbonyl (C=O) groups is 1. The van der Waals surface area contributed by atoms with Gasteiger partial charge in [0.25, 0.3) is 0 Å². The molecule has 0 atom stereocenters. The van der Waals surface area contributed by atoms with Crippen LogP contribution in [0.5, 0.6) is 0 Å². The summed E-state index contributed by atoms with van der Waals surface area (Å²) in [6.07, 6.45) is 4.77. The molecule has 3 nitrogen and oxygen atoms in total. The summed E-state index contributed by atoms with van der Waals surface area (Å²) < 4.78 is 0. The molecule has 1 saturated carbocycles. The summed E-state index contributed by atoms with van der Waals surface area (Å²) in [6, 6.07) is 0. The lowest BCUT2D eigenvalue weighted by atomic mass is 9.96. The fourth-order valence-corrected chi connectivity index (χ4v) is 2.07. The predicted molar refractivity (Wildman–Crippen MR) is 51.1 cm³/mol. The lowest BCUT2D eigenvalue weighted by Gasteiger charge is -2.30. The van der Waals surface area contributed by atoms with Crippen LogP contribution in [0.25, 0.3) is 0 Å². The molecule has 0 radical (unpaired) electrons. The van der Waals surface area contributed by atoms with E-state index in [1.165, 1.54) is 19.4 Å². The summed E-state index contributed by atoms with van der Waals surface area (Å²) in [5.41, 5.74) is 5.27. The van der Waals surface area contributed by atoms with E-state index >= 15 is 0 Å². The maximum absolute atomic E-state index is 10.9. The molecule has 1 saturated heterocycles. The number of rotatable bonds is 3. The van der Waals surface area contributed by atoms with E-state index in [0.29, 0.717) is 0 Å². The summed E-state index contributed by atoms with van der Waals surface area (Å²) >= 11 is 0. The number of nitrogens with two attached hydrogens (primary N) is 1. The highest BCUT2D eigenvalue weighted by atomic mass is 16.1. The fourth-order valence-electron chi connectivity index (χ4n) is 2.07. The highest BCUT2D eigenvalue weighted by Gasteiger charge is 2.28. The second-order valence-corrected chi connectivity index (χ2v) is 4.42. The van der Waals surface area contributed by atoms with Crippen molar-refractivity contribution in [1.29, 1.82) is 0 Å². The van der Waals surface area contributed by atoms with E-state index in [1.807, 2.05) is 0 Å².